The molecule has 24 heavy (non-hydrogen) atoms. The van der Waals surface area contributed by atoms with Crippen LogP contribution in [0.25, 0.3) is 0 Å². The standard InChI is InChI=1S/C14H10N2O6S2/c15-23(19,20)7-4-5-8-10(6-7)13(17)9-2-1-3-11(24(16,21)22)12(9)14(8)18/h1-6H,(H2,15,19,20)(H2,16,21,22). The largest absolute Gasteiger partial charge is 0.289 e. The van der Waals surface area contributed by atoms with Crippen LogP contribution in [0.3, 0.4) is 0 Å². The van der Waals surface area contributed by atoms with Gasteiger partial charge in [-0.2, -0.15) is 0 Å². The van der Waals surface area contributed by atoms with Crippen molar-refractivity contribution in [1.29, 1.82) is 0 Å². The first-order valence-electron chi connectivity index (χ1n) is 6.44. The van der Waals surface area contributed by atoms with Gasteiger partial charge in [-0.05, 0) is 24.3 Å². The minimum Gasteiger partial charge on any atom is -0.289 e. The van der Waals surface area contributed by atoms with Crippen LogP contribution in [0.1, 0.15) is 31.8 Å². The van der Waals surface area contributed by atoms with E-state index in [-0.39, 0.29) is 27.1 Å². The van der Waals surface area contributed by atoms with Gasteiger partial charge in [-0.1, -0.05) is 12.1 Å². The molecule has 0 aromatic heterocycles. The van der Waals surface area contributed by atoms with Gasteiger partial charge in [-0.25, -0.2) is 27.1 Å². The monoisotopic (exact) mass is 366 g/mol. The van der Waals surface area contributed by atoms with Crippen molar-refractivity contribution < 1.29 is 26.4 Å². The van der Waals surface area contributed by atoms with Crippen molar-refractivity contribution in [1.82, 2.24) is 0 Å². The molecule has 1 aliphatic rings. The van der Waals surface area contributed by atoms with E-state index >= 15 is 0 Å². The van der Waals surface area contributed by atoms with Gasteiger partial charge in [0.1, 0.15) is 0 Å². The first-order valence-corrected chi connectivity index (χ1v) is 9.53. The predicted octanol–water partition coefficient (Wildman–Crippen LogP) is -0.243. The first kappa shape index (κ1) is 16.5. The lowest BCUT2D eigenvalue weighted by Crippen LogP contribution is -2.26. The molecule has 0 unspecified atom stereocenters. The summed E-state index contributed by atoms with van der Waals surface area (Å²) < 4.78 is 46.2. The maximum atomic E-state index is 12.6. The highest BCUT2D eigenvalue weighted by molar-refractivity contribution is 7.89. The number of nitrogens with two attached hydrogens (primary N) is 2. The van der Waals surface area contributed by atoms with E-state index in [2.05, 4.69) is 0 Å². The number of carbonyl (C=O) groups excluding carboxylic acids is 2. The zero-order chi connectivity index (χ0) is 17.9. The molecule has 0 saturated heterocycles. The highest BCUT2D eigenvalue weighted by Crippen LogP contribution is 2.32. The van der Waals surface area contributed by atoms with Gasteiger partial charge in [0.15, 0.2) is 11.6 Å². The fourth-order valence-electron chi connectivity index (χ4n) is 2.56. The normalized spacial score (nSPS) is 14.2. The Morgan fingerprint density at radius 3 is 1.96 bits per heavy atom. The Morgan fingerprint density at radius 2 is 1.38 bits per heavy atom. The van der Waals surface area contributed by atoms with Crippen LogP contribution in [-0.4, -0.2) is 28.4 Å². The Balaban J connectivity index is 2.34. The molecule has 3 rings (SSSR count). The van der Waals surface area contributed by atoms with Crippen LogP contribution in [0.5, 0.6) is 0 Å². The van der Waals surface area contributed by atoms with Gasteiger partial charge in [0.2, 0.25) is 20.0 Å². The summed E-state index contributed by atoms with van der Waals surface area (Å²) in [5.74, 6) is -1.42. The van der Waals surface area contributed by atoms with E-state index in [1.807, 2.05) is 0 Å². The molecule has 0 aliphatic heterocycles. The van der Waals surface area contributed by atoms with E-state index in [0.717, 1.165) is 24.3 Å². The summed E-state index contributed by atoms with van der Waals surface area (Å²) in [6.45, 7) is 0. The Bertz CT molecular complexity index is 1130. The molecule has 10 heteroatoms. The fraction of sp³-hybridized carbons (Fsp3) is 0. The second-order valence-corrected chi connectivity index (χ2v) is 8.23. The summed E-state index contributed by atoms with van der Waals surface area (Å²) in [5, 5.41) is 10.1. The molecule has 0 atom stereocenters. The van der Waals surface area contributed by atoms with E-state index in [4.69, 9.17) is 10.3 Å². The van der Waals surface area contributed by atoms with Crippen LogP contribution in [-0.2, 0) is 20.0 Å². The number of sulfonamides is 2. The Labute approximate surface area is 137 Å². The molecule has 0 radical (unpaired) electrons. The molecule has 2 aromatic rings. The number of hydrogen-bond acceptors (Lipinski definition) is 6. The zero-order valence-electron chi connectivity index (χ0n) is 11.9. The summed E-state index contributed by atoms with van der Waals surface area (Å²) in [4.78, 5) is 24.4. The van der Waals surface area contributed by atoms with E-state index in [1.54, 1.807) is 0 Å². The van der Waals surface area contributed by atoms with E-state index in [9.17, 15) is 26.4 Å². The minimum absolute atomic E-state index is 0.115. The van der Waals surface area contributed by atoms with Crippen molar-refractivity contribution in [2.24, 2.45) is 10.3 Å². The maximum absolute atomic E-state index is 12.6. The molecule has 0 fully saturated rings. The molecule has 1 aliphatic carbocycles. The molecule has 2 aromatic carbocycles. The molecular weight excluding hydrogens is 356 g/mol. The van der Waals surface area contributed by atoms with E-state index < -0.39 is 36.5 Å². The average molecular weight is 366 g/mol. The molecule has 124 valence electrons. The van der Waals surface area contributed by atoms with Crippen molar-refractivity contribution in [2.75, 3.05) is 0 Å². The highest BCUT2D eigenvalue weighted by atomic mass is 32.2. The SMILES string of the molecule is NS(=O)(=O)c1ccc2c(c1)C(=O)c1cccc(S(N)(=O)=O)c1C2=O. The summed E-state index contributed by atoms with van der Waals surface area (Å²) >= 11 is 0. The minimum atomic E-state index is -4.22. The lowest BCUT2D eigenvalue weighted by atomic mass is 9.84. The second kappa shape index (κ2) is 5.05. The summed E-state index contributed by atoms with van der Waals surface area (Å²) in [6, 6.07) is 6.87. The van der Waals surface area contributed by atoms with Crippen LogP contribution in [0.15, 0.2) is 46.2 Å². The van der Waals surface area contributed by atoms with Crippen LogP contribution < -0.4 is 10.3 Å². The Kier molecular flexibility index (Phi) is 3.46. The van der Waals surface area contributed by atoms with Gasteiger partial charge < -0.3 is 0 Å². The number of benzene rings is 2. The number of ketones is 2. The average Bonchev–Trinajstić information content (AvgIpc) is 2.49. The maximum Gasteiger partial charge on any atom is 0.238 e. The van der Waals surface area contributed by atoms with Crippen molar-refractivity contribution in [2.45, 2.75) is 9.79 Å². The molecule has 4 N–H and O–H groups in total. The number of rotatable bonds is 2. The lowest BCUT2D eigenvalue weighted by Gasteiger charge is -2.19. The summed E-state index contributed by atoms with van der Waals surface area (Å²) in [5.41, 5.74) is -0.756. The van der Waals surface area contributed by atoms with Gasteiger partial charge in [0.25, 0.3) is 0 Å². The van der Waals surface area contributed by atoms with Crippen molar-refractivity contribution in [3.8, 4) is 0 Å². The number of hydrogen-bond donors (Lipinski definition) is 2. The molecule has 0 heterocycles. The number of carbonyl (C=O) groups is 2. The van der Waals surface area contributed by atoms with Crippen LogP contribution in [0.2, 0.25) is 0 Å². The zero-order valence-corrected chi connectivity index (χ0v) is 13.5. The topological polar surface area (TPSA) is 154 Å². The second-order valence-electron chi connectivity index (χ2n) is 5.13. The van der Waals surface area contributed by atoms with Crippen LogP contribution in [0, 0.1) is 0 Å². The van der Waals surface area contributed by atoms with E-state index in [1.165, 1.54) is 12.1 Å². The molecule has 0 saturated carbocycles. The van der Waals surface area contributed by atoms with Gasteiger partial charge in [-0.15, -0.1) is 0 Å². The van der Waals surface area contributed by atoms with E-state index in [0.29, 0.717) is 0 Å². The molecule has 0 amide bonds. The number of fused-ring (bicyclic) bond motifs is 2. The third-order valence-electron chi connectivity index (χ3n) is 3.61. The third kappa shape index (κ3) is 2.45. The predicted molar refractivity (Wildman–Crippen MR) is 82.5 cm³/mol. The number of primary sulfonamides is 2. The van der Waals surface area contributed by atoms with Gasteiger partial charge in [-0.3, -0.25) is 9.59 Å². The third-order valence-corrected chi connectivity index (χ3v) is 5.48. The smallest absolute Gasteiger partial charge is 0.238 e. The Hall–Kier alpha value is -2.40. The van der Waals surface area contributed by atoms with Gasteiger partial charge in [0.05, 0.1) is 15.4 Å². The van der Waals surface area contributed by atoms with Crippen molar-refractivity contribution in [3.63, 3.8) is 0 Å². The summed E-state index contributed by atoms with van der Waals surface area (Å²) in [7, 11) is -8.29. The molecule has 0 bridgehead atoms. The first-order chi connectivity index (χ1) is 11.0. The highest BCUT2D eigenvalue weighted by Gasteiger charge is 2.34. The van der Waals surface area contributed by atoms with Gasteiger partial charge >= 0.3 is 0 Å². The molecule has 0 spiro atoms. The molecular formula is C14H10N2O6S2. The lowest BCUT2D eigenvalue weighted by molar-refractivity contribution is 0.0976. The quantitative estimate of drug-likeness (QED) is 0.637. The Morgan fingerprint density at radius 1 is 0.708 bits per heavy atom. The van der Waals surface area contributed by atoms with Crippen molar-refractivity contribution >= 4 is 31.6 Å². The summed E-state index contributed by atoms with van der Waals surface area (Å²) in [6.07, 6.45) is 0. The van der Waals surface area contributed by atoms with Gasteiger partial charge in [0, 0.05) is 16.7 Å². The van der Waals surface area contributed by atoms with Crippen LogP contribution >= 0.6 is 0 Å². The van der Waals surface area contributed by atoms with Crippen molar-refractivity contribution in [3.05, 3.63) is 58.7 Å². The van der Waals surface area contributed by atoms with Crippen LogP contribution in [0.4, 0.5) is 0 Å². The molecule has 8 nitrogen and oxygen atoms in total. The fourth-order valence-corrected chi connectivity index (χ4v) is 3.85.